The van der Waals surface area contributed by atoms with E-state index < -0.39 is 5.92 Å². The van der Waals surface area contributed by atoms with E-state index in [9.17, 15) is 10.1 Å². The number of nitrogens with zero attached hydrogens (tertiary/aromatic N) is 1. The summed E-state index contributed by atoms with van der Waals surface area (Å²) >= 11 is 0. The third kappa shape index (κ3) is 2.50. The minimum Gasteiger partial charge on any atom is -0.497 e. The zero-order valence-corrected chi connectivity index (χ0v) is 10.7. The smallest absolute Gasteiger partial charge is 0.187 e. The molecule has 0 aliphatic heterocycles. The summed E-state index contributed by atoms with van der Waals surface area (Å²) in [6, 6.07) is 10.5. The average Bonchev–Trinajstić information content (AvgIpc) is 2.86. The van der Waals surface area contributed by atoms with Crippen molar-refractivity contribution in [3.05, 3.63) is 53.5 Å². The highest BCUT2D eigenvalue weighted by molar-refractivity contribution is 6.03. The first kappa shape index (κ1) is 12.9. The second-order valence-electron chi connectivity index (χ2n) is 4.09. The van der Waals surface area contributed by atoms with Crippen LogP contribution in [0.4, 0.5) is 0 Å². The first-order valence-electron chi connectivity index (χ1n) is 5.79. The summed E-state index contributed by atoms with van der Waals surface area (Å²) in [5, 5.41) is 9.23. The van der Waals surface area contributed by atoms with Gasteiger partial charge in [-0.2, -0.15) is 5.26 Å². The molecule has 0 N–H and O–H groups in total. The van der Waals surface area contributed by atoms with Gasteiger partial charge in [0.15, 0.2) is 5.78 Å². The van der Waals surface area contributed by atoms with Gasteiger partial charge >= 0.3 is 0 Å². The first-order valence-corrected chi connectivity index (χ1v) is 5.79. The topological polar surface area (TPSA) is 63.2 Å². The molecular formula is C15H13NO3. The lowest BCUT2D eigenvalue weighted by Crippen LogP contribution is -2.11. The summed E-state index contributed by atoms with van der Waals surface area (Å²) in [6.45, 7) is 1.70. The molecule has 1 unspecified atom stereocenters. The quantitative estimate of drug-likeness (QED) is 0.787. The van der Waals surface area contributed by atoms with Gasteiger partial charge in [0.1, 0.15) is 17.4 Å². The van der Waals surface area contributed by atoms with Gasteiger partial charge in [0.25, 0.3) is 0 Å². The number of rotatable bonds is 4. The Kier molecular flexibility index (Phi) is 3.67. The molecule has 0 aliphatic rings. The van der Waals surface area contributed by atoms with Crippen LogP contribution < -0.4 is 4.74 Å². The third-order valence-corrected chi connectivity index (χ3v) is 2.96. The number of hydrogen-bond acceptors (Lipinski definition) is 4. The van der Waals surface area contributed by atoms with Crippen LogP contribution in [0.25, 0.3) is 0 Å². The van der Waals surface area contributed by atoms with Crippen molar-refractivity contribution in [2.45, 2.75) is 12.8 Å². The van der Waals surface area contributed by atoms with Crippen molar-refractivity contribution in [2.24, 2.45) is 0 Å². The van der Waals surface area contributed by atoms with Crippen molar-refractivity contribution in [3.8, 4) is 11.8 Å². The lowest BCUT2D eigenvalue weighted by molar-refractivity contribution is 0.0977. The lowest BCUT2D eigenvalue weighted by atomic mass is 9.92. The largest absolute Gasteiger partial charge is 0.497 e. The fourth-order valence-corrected chi connectivity index (χ4v) is 1.88. The van der Waals surface area contributed by atoms with E-state index >= 15 is 0 Å². The lowest BCUT2D eigenvalue weighted by Gasteiger charge is -2.08. The molecule has 0 aliphatic carbocycles. The Morgan fingerprint density at radius 3 is 2.47 bits per heavy atom. The van der Waals surface area contributed by atoms with Crippen molar-refractivity contribution in [2.75, 3.05) is 7.11 Å². The maximum Gasteiger partial charge on any atom is 0.187 e. The highest BCUT2D eigenvalue weighted by Gasteiger charge is 2.24. The van der Waals surface area contributed by atoms with Crippen molar-refractivity contribution in [1.82, 2.24) is 0 Å². The number of benzene rings is 1. The Hall–Kier alpha value is -2.54. The van der Waals surface area contributed by atoms with E-state index in [2.05, 4.69) is 0 Å². The Balaban J connectivity index is 2.32. The first-order chi connectivity index (χ1) is 9.17. The fraction of sp³-hybridized carbons (Fsp3) is 0.200. The van der Waals surface area contributed by atoms with Crippen LogP contribution in [0.15, 0.2) is 41.0 Å². The third-order valence-electron chi connectivity index (χ3n) is 2.96. The van der Waals surface area contributed by atoms with E-state index in [4.69, 9.17) is 9.15 Å². The van der Waals surface area contributed by atoms with Gasteiger partial charge in [0, 0.05) is 0 Å². The van der Waals surface area contributed by atoms with E-state index in [1.54, 1.807) is 44.4 Å². The van der Waals surface area contributed by atoms with Crippen LogP contribution in [-0.2, 0) is 0 Å². The van der Waals surface area contributed by atoms with Gasteiger partial charge in [-0.3, -0.25) is 4.79 Å². The molecule has 96 valence electrons. The van der Waals surface area contributed by atoms with Gasteiger partial charge in [-0.1, -0.05) is 12.1 Å². The van der Waals surface area contributed by atoms with Crippen LogP contribution in [0.3, 0.4) is 0 Å². The summed E-state index contributed by atoms with van der Waals surface area (Å²) < 4.78 is 10.2. The molecule has 0 saturated heterocycles. The maximum atomic E-state index is 12.3. The van der Waals surface area contributed by atoms with Crippen molar-refractivity contribution < 1.29 is 13.9 Å². The summed E-state index contributed by atoms with van der Waals surface area (Å²) in [6.07, 6.45) is 1.45. The zero-order valence-electron chi connectivity index (χ0n) is 10.7. The van der Waals surface area contributed by atoms with Crippen LogP contribution in [0.2, 0.25) is 0 Å². The molecule has 1 aromatic heterocycles. The summed E-state index contributed by atoms with van der Waals surface area (Å²) in [7, 11) is 1.57. The van der Waals surface area contributed by atoms with Gasteiger partial charge in [-0.05, 0) is 30.7 Å². The van der Waals surface area contributed by atoms with Crippen LogP contribution in [0.5, 0.6) is 5.75 Å². The van der Waals surface area contributed by atoms with Crippen molar-refractivity contribution in [3.63, 3.8) is 0 Å². The van der Waals surface area contributed by atoms with Crippen LogP contribution in [0, 0.1) is 18.3 Å². The molecule has 4 heteroatoms. The number of ether oxygens (including phenoxy) is 1. The molecular weight excluding hydrogens is 242 g/mol. The molecule has 0 spiro atoms. The van der Waals surface area contributed by atoms with Gasteiger partial charge in [0.05, 0.1) is 25.0 Å². The molecule has 0 radical (unpaired) electrons. The van der Waals surface area contributed by atoms with Crippen molar-refractivity contribution >= 4 is 5.78 Å². The van der Waals surface area contributed by atoms with Gasteiger partial charge in [0.2, 0.25) is 0 Å². The standard InChI is InChI=1S/C15H13NO3/c1-10-13(7-8-19-10)15(17)14(9-16)11-3-5-12(18-2)6-4-11/h3-8,14H,1-2H3. The number of nitriles is 1. The highest BCUT2D eigenvalue weighted by Crippen LogP contribution is 2.24. The van der Waals surface area contributed by atoms with Crippen molar-refractivity contribution in [1.29, 1.82) is 5.26 Å². The van der Waals surface area contributed by atoms with Crippen LogP contribution >= 0.6 is 0 Å². The molecule has 19 heavy (non-hydrogen) atoms. The molecule has 4 nitrogen and oxygen atoms in total. The second-order valence-corrected chi connectivity index (χ2v) is 4.09. The fourth-order valence-electron chi connectivity index (χ4n) is 1.88. The number of methoxy groups -OCH3 is 1. The molecule has 0 saturated carbocycles. The van der Waals surface area contributed by atoms with Crippen LogP contribution in [0.1, 0.15) is 27.6 Å². The van der Waals surface area contributed by atoms with Gasteiger partial charge < -0.3 is 9.15 Å². The predicted octanol–water partition coefficient (Wildman–Crippen LogP) is 3.09. The Morgan fingerprint density at radius 1 is 1.32 bits per heavy atom. The number of carbonyl (C=O) groups is 1. The Labute approximate surface area is 111 Å². The zero-order chi connectivity index (χ0) is 13.8. The van der Waals surface area contributed by atoms with E-state index in [0.717, 1.165) is 0 Å². The van der Waals surface area contributed by atoms with Crippen LogP contribution in [-0.4, -0.2) is 12.9 Å². The molecule has 0 bridgehead atoms. The van der Waals surface area contributed by atoms with Gasteiger partial charge in [-0.15, -0.1) is 0 Å². The number of aryl methyl sites for hydroxylation is 1. The Bertz CT molecular complexity index is 620. The number of ketones is 1. The number of Topliss-reactive ketones (excluding diaryl/α,β-unsaturated/α-hetero) is 1. The average molecular weight is 255 g/mol. The molecule has 1 heterocycles. The minimum absolute atomic E-state index is 0.251. The molecule has 1 aromatic carbocycles. The van der Waals surface area contributed by atoms with Gasteiger partial charge in [-0.25, -0.2) is 0 Å². The maximum absolute atomic E-state index is 12.3. The monoisotopic (exact) mass is 255 g/mol. The van der Waals surface area contributed by atoms with E-state index in [1.165, 1.54) is 6.26 Å². The number of hydrogen-bond donors (Lipinski definition) is 0. The normalized spacial score (nSPS) is 11.6. The SMILES string of the molecule is COc1ccc(C(C#N)C(=O)c2ccoc2C)cc1. The summed E-state index contributed by atoms with van der Waals surface area (Å²) in [5.41, 5.74) is 1.09. The number of carbonyl (C=O) groups excluding carboxylic acids is 1. The molecule has 2 rings (SSSR count). The molecule has 1 atom stereocenters. The predicted molar refractivity (Wildman–Crippen MR) is 69.1 cm³/mol. The van der Waals surface area contributed by atoms with E-state index in [-0.39, 0.29) is 5.78 Å². The molecule has 2 aromatic rings. The minimum atomic E-state index is -0.831. The van der Waals surface area contributed by atoms with E-state index in [0.29, 0.717) is 22.6 Å². The Morgan fingerprint density at radius 2 is 2.00 bits per heavy atom. The molecule has 0 fully saturated rings. The second kappa shape index (κ2) is 5.40. The summed E-state index contributed by atoms with van der Waals surface area (Å²) in [4.78, 5) is 12.3. The highest BCUT2D eigenvalue weighted by atomic mass is 16.5. The number of furan rings is 1. The molecule has 0 amide bonds. The van der Waals surface area contributed by atoms with E-state index in [1.807, 2.05) is 6.07 Å². The summed E-state index contributed by atoms with van der Waals surface area (Å²) in [5.74, 6) is 0.132.